The summed E-state index contributed by atoms with van der Waals surface area (Å²) in [5.41, 5.74) is 0. The summed E-state index contributed by atoms with van der Waals surface area (Å²) in [7, 11) is -2.38. The zero-order valence-electron chi connectivity index (χ0n) is 18.2. The number of nitrogens with one attached hydrogen (secondary N) is 1. The molecular weight excluding hydrogens is 354 g/mol. The van der Waals surface area contributed by atoms with E-state index in [1.165, 1.54) is 51.4 Å². The van der Waals surface area contributed by atoms with Gasteiger partial charge in [-0.25, -0.2) is 0 Å². The molecule has 4 nitrogen and oxygen atoms in total. The van der Waals surface area contributed by atoms with Crippen LogP contribution in [0.4, 0.5) is 0 Å². The molecule has 0 saturated heterocycles. The molecule has 0 aromatic rings. The summed E-state index contributed by atoms with van der Waals surface area (Å²) < 4.78 is 17.6. The first-order valence-corrected chi connectivity index (χ1v) is 12.8. The van der Waals surface area contributed by atoms with Crippen LogP contribution in [0.3, 0.4) is 0 Å². The molecule has 1 heterocycles. The summed E-state index contributed by atoms with van der Waals surface area (Å²) in [6, 6.07) is 0.970. The van der Waals surface area contributed by atoms with Crippen LogP contribution >= 0.6 is 0 Å². The lowest BCUT2D eigenvalue weighted by Crippen LogP contribution is -2.45. The second-order valence-electron chi connectivity index (χ2n) is 6.48. The average molecular weight is 398 g/mol. The molecule has 0 aromatic carbocycles. The molecule has 1 N–H and O–H groups in total. The van der Waals surface area contributed by atoms with Gasteiger partial charge in [0.15, 0.2) is 0 Å². The topological polar surface area (TPSA) is 39.7 Å². The van der Waals surface area contributed by atoms with Gasteiger partial charge in [0.2, 0.25) is 0 Å². The fourth-order valence-corrected chi connectivity index (χ4v) is 5.57. The Morgan fingerprint density at radius 1 is 0.593 bits per heavy atom. The van der Waals surface area contributed by atoms with Gasteiger partial charge in [-0.2, -0.15) is 0 Å². The number of unbranched alkanes of at least 4 members (excludes halogenated alkanes) is 7. The smallest absolute Gasteiger partial charge is 0.374 e. The Morgan fingerprint density at radius 2 is 1.04 bits per heavy atom. The van der Waals surface area contributed by atoms with E-state index < -0.39 is 8.80 Å². The van der Waals surface area contributed by atoms with Crippen LogP contribution in [0.5, 0.6) is 0 Å². The van der Waals surface area contributed by atoms with Gasteiger partial charge >= 0.3 is 8.80 Å². The Bertz CT molecular complexity index is 366. The minimum atomic E-state index is -2.38. The van der Waals surface area contributed by atoms with Crippen LogP contribution in [0.25, 0.3) is 0 Å². The summed E-state index contributed by atoms with van der Waals surface area (Å²) in [5.74, 6) is 0. The molecule has 0 bridgehead atoms. The number of allylic oxidation sites excluding steroid dienone is 4. The Balaban J connectivity index is 0.000000797. The molecule has 1 aliphatic rings. The molecular formula is C22H43NO3Si. The van der Waals surface area contributed by atoms with Crippen molar-refractivity contribution in [1.29, 1.82) is 0 Å². The highest BCUT2D eigenvalue weighted by molar-refractivity contribution is 6.60. The minimum absolute atomic E-state index is 0.684. The van der Waals surface area contributed by atoms with Crippen molar-refractivity contribution in [1.82, 2.24) is 5.32 Å². The van der Waals surface area contributed by atoms with E-state index in [1.807, 2.05) is 57.5 Å². The van der Waals surface area contributed by atoms with Crippen molar-refractivity contribution in [3.63, 3.8) is 0 Å². The molecule has 0 amide bonds. The maximum atomic E-state index is 5.86. The molecule has 5 heteroatoms. The molecule has 0 aromatic heterocycles. The number of rotatable bonds is 15. The third kappa shape index (κ3) is 15.8. The van der Waals surface area contributed by atoms with Crippen LogP contribution in [0.1, 0.15) is 79.1 Å². The lowest BCUT2D eigenvalue weighted by Gasteiger charge is -2.28. The van der Waals surface area contributed by atoms with E-state index in [9.17, 15) is 0 Å². The summed E-state index contributed by atoms with van der Waals surface area (Å²) in [6.45, 7) is 10.4. The largest absolute Gasteiger partial charge is 0.500 e. The highest BCUT2D eigenvalue weighted by Crippen LogP contribution is 2.20. The Kier molecular flexibility index (Phi) is 19.2. The van der Waals surface area contributed by atoms with E-state index in [0.29, 0.717) is 19.8 Å². The second-order valence-corrected chi connectivity index (χ2v) is 9.21. The van der Waals surface area contributed by atoms with Crippen molar-refractivity contribution in [3.8, 4) is 0 Å². The lowest BCUT2D eigenvalue weighted by molar-refractivity contribution is 0.0706. The second kappa shape index (κ2) is 19.9. The van der Waals surface area contributed by atoms with Crippen molar-refractivity contribution in [3.05, 3.63) is 36.7 Å². The quantitative estimate of drug-likeness (QED) is 0.258. The Labute approximate surface area is 169 Å². The predicted molar refractivity (Wildman–Crippen MR) is 119 cm³/mol. The molecule has 0 saturated carbocycles. The van der Waals surface area contributed by atoms with Crippen LogP contribution < -0.4 is 5.32 Å². The van der Waals surface area contributed by atoms with Gasteiger partial charge in [-0.1, -0.05) is 64.0 Å². The van der Waals surface area contributed by atoms with Gasteiger partial charge in [0.05, 0.1) is 0 Å². The Morgan fingerprint density at radius 3 is 1.48 bits per heavy atom. The van der Waals surface area contributed by atoms with E-state index in [0.717, 1.165) is 6.04 Å². The van der Waals surface area contributed by atoms with Crippen LogP contribution in [-0.4, -0.2) is 28.6 Å². The molecule has 0 radical (unpaired) electrons. The van der Waals surface area contributed by atoms with Crippen molar-refractivity contribution >= 4 is 8.80 Å². The highest BCUT2D eigenvalue weighted by atomic mass is 28.4. The Hall–Kier alpha value is -0.883. The summed E-state index contributed by atoms with van der Waals surface area (Å²) >= 11 is 0. The van der Waals surface area contributed by atoms with Gasteiger partial charge in [-0.3, -0.25) is 0 Å². The molecule has 27 heavy (non-hydrogen) atoms. The zero-order chi connectivity index (χ0) is 20.1. The van der Waals surface area contributed by atoms with Crippen LogP contribution in [0, 0.1) is 0 Å². The maximum Gasteiger partial charge on any atom is 0.500 e. The van der Waals surface area contributed by atoms with Crippen LogP contribution in [0.15, 0.2) is 36.7 Å². The van der Waals surface area contributed by atoms with E-state index in [2.05, 4.69) is 12.2 Å². The molecule has 158 valence electrons. The summed E-state index contributed by atoms with van der Waals surface area (Å²) in [6.07, 6.45) is 22.2. The molecule has 0 spiro atoms. The average Bonchev–Trinajstić information content (AvgIpc) is 2.98. The molecule has 0 unspecified atom stereocenters. The molecule has 1 aliphatic heterocycles. The van der Waals surface area contributed by atoms with E-state index in [4.69, 9.17) is 13.3 Å². The fourth-order valence-electron chi connectivity index (χ4n) is 2.88. The molecule has 0 atom stereocenters. The van der Waals surface area contributed by atoms with Gasteiger partial charge in [0, 0.05) is 38.3 Å². The third-order valence-electron chi connectivity index (χ3n) is 4.15. The minimum Gasteiger partial charge on any atom is -0.374 e. The van der Waals surface area contributed by atoms with Gasteiger partial charge in [-0.15, -0.1) is 0 Å². The van der Waals surface area contributed by atoms with Crippen molar-refractivity contribution in [2.24, 2.45) is 0 Å². The lowest BCUT2D eigenvalue weighted by atomic mass is 10.1. The predicted octanol–water partition coefficient (Wildman–Crippen LogP) is 6.35. The van der Waals surface area contributed by atoms with Crippen molar-refractivity contribution in [2.75, 3.05) is 19.8 Å². The van der Waals surface area contributed by atoms with E-state index >= 15 is 0 Å². The number of hydrogen-bond acceptors (Lipinski definition) is 4. The normalized spacial score (nSPS) is 13.0. The van der Waals surface area contributed by atoms with E-state index in [-0.39, 0.29) is 0 Å². The first kappa shape index (κ1) is 26.1. The van der Waals surface area contributed by atoms with Gasteiger partial charge < -0.3 is 18.6 Å². The van der Waals surface area contributed by atoms with Crippen LogP contribution in [0.2, 0.25) is 6.04 Å². The summed E-state index contributed by atoms with van der Waals surface area (Å²) in [5, 5.41) is 2.92. The van der Waals surface area contributed by atoms with Crippen molar-refractivity contribution < 1.29 is 13.3 Å². The standard InChI is InChI=1S/C16H36O3Si.C6H7N/c1-5-9-10-11-12-13-14-15-16-20(17-6-2,18-7-3)19-8-4;1-2-4-6-7-5-3-1/h5-16H2,1-4H3;1-7H. The highest BCUT2D eigenvalue weighted by Gasteiger charge is 2.39. The third-order valence-corrected chi connectivity index (χ3v) is 7.30. The molecule has 1 rings (SSSR count). The van der Waals surface area contributed by atoms with Crippen molar-refractivity contribution in [2.45, 2.75) is 85.1 Å². The molecule has 0 fully saturated rings. The fraction of sp³-hybridized carbons (Fsp3) is 0.727. The van der Waals surface area contributed by atoms with Gasteiger partial charge in [-0.05, 0) is 39.3 Å². The first-order chi connectivity index (χ1) is 13.2. The number of hydrogen-bond donors (Lipinski definition) is 1. The van der Waals surface area contributed by atoms with E-state index in [1.54, 1.807) is 0 Å². The van der Waals surface area contributed by atoms with Gasteiger partial charge in [0.25, 0.3) is 0 Å². The summed E-state index contributed by atoms with van der Waals surface area (Å²) in [4.78, 5) is 0. The SMILES string of the molecule is C1=CC=CNC=C1.CCCCCCCCCC[Si](OCC)(OCC)OCC. The maximum absolute atomic E-state index is 5.86. The van der Waals surface area contributed by atoms with Crippen LogP contribution in [-0.2, 0) is 13.3 Å². The zero-order valence-corrected chi connectivity index (χ0v) is 19.2. The monoisotopic (exact) mass is 397 g/mol. The first-order valence-electron chi connectivity index (χ1n) is 10.9. The van der Waals surface area contributed by atoms with Gasteiger partial charge in [0.1, 0.15) is 0 Å². The molecule has 0 aliphatic carbocycles.